The van der Waals surface area contributed by atoms with Crippen molar-refractivity contribution in [2.75, 3.05) is 19.7 Å². The number of nitrogens with zero attached hydrogens (tertiary/aromatic N) is 1. The number of piperidine rings is 1. The Morgan fingerprint density at radius 1 is 1.56 bits per heavy atom. The Bertz CT molecular complexity index is 212. The number of carbonyl (C=O) groups excluding carboxylic acids is 1. The molecule has 2 N–H and O–H groups in total. The van der Waals surface area contributed by atoms with Gasteiger partial charge in [0, 0.05) is 12.1 Å². The molecule has 1 rings (SSSR count). The number of hydrogen-bond acceptors (Lipinski definition) is 4. The molecular formula is C11H23ClN2O2. The zero-order valence-corrected chi connectivity index (χ0v) is 11.0. The van der Waals surface area contributed by atoms with Gasteiger partial charge in [-0.3, -0.25) is 9.69 Å². The molecule has 0 spiro atoms. The average Bonchev–Trinajstić information content (AvgIpc) is 2.18. The van der Waals surface area contributed by atoms with Crippen LogP contribution in [0, 0.1) is 0 Å². The van der Waals surface area contributed by atoms with Gasteiger partial charge in [-0.2, -0.15) is 0 Å². The minimum atomic E-state index is -0.134. The second-order valence-electron chi connectivity index (χ2n) is 4.20. The van der Waals surface area contributed by atoms with Gasteiger partial charge in [-0.05, 0) is 33.2 Å². The van der Waals surface area contributed by atoms with Crippen molar-refractivity contribution in [2.24, 2.45) is 5.73 Å². The fraction of sp³-hybridized carbons (Fsp3) is 0.909. The first-order valence-electron chi connectivity index (χ1n) is 5.80. The minimum Gasteiger partial charge on any atom is -0.465 e. The topological polar surface area (TPSA) is 55.6 Å². The largest absolute Gasteiger partial charge is 0.465 e. The molecule has 0 bridgehead atoms. The van der Waals surface area contributed by atoms with Crippen LogP contribution in [0.1, 0.15) is 33.1 Å². The Hall–Kier alpha value is -0.320. The van der Waals surface area contributed by atoms with Crippen molar-refractivity contribution in [2.45, 2.75) is 45.2 Å². The third kappa shape index (κ3) is 4.68. The lowest BCUT2D eigenvalue weighted by Crippen LogP contribution is -2.50. The molecule has 1 aliphatic rings. The quantitative estimate of drug-likeness (QED) is 0.762. The Morgan fingerprint density at radius 3 is 2.81 bits per heavy atom. The molecule has 1 saturated heterocycles. The summed E-state index contributed by atoms with van der Waals surface area (Å²) >= 11 is 0. The summed E-state index contributed by atoms with van der Waals surface area (Å²) in [4.78, 5) is 13.5. The molecule has 5 heteroatoms. The molecule has 1 aliphatic heterocycles. The van der Waals surface area contributed by atoms with Crippen LogP contribution in [0.5, 0.6) is 0 Å². The zero-order valence-electron chi connectivity index (χ0n) is 10.1. The lowest BCUT2D eigenvalue weighted by atomic mass is 9.97. The number of nitrogens with two attached hydrogens (primary N) is 1. The number of likely N-dealkylation sites (tertiary alicyclic amines) is 1. The third-order valence-electron chi connectivity index (χ3n) is 2.91. The molecule has 0 aromatic rings. The van der Waals surface area contributed by atoms with E-state index in [0.29, 0.717) is 19.2 Å². The van der Waals surface area contributed by atoms with Crippen LogP contribution < -0.4 is 5.73 Å². The lowest BCUT2D eigenvalue weighted by molar-refractivity contribution is -0.145. The van der Waals surface area contributed by atoms with E-state index in [1.807, 2.05) is 13.8 Å². The van der Waals surface area contributed by atoms with Crippen LogP contribution in [0.25, 0.3) is 0 Å². The highest BCUT2D eigenvalue weighted by Gasteiger charge is 2.26. The highest BCUT2D eigenvalue weighted by Crippen LogP contribution is 2.18. The molecule has 16 heavy (non-hydrogen) atoms. The maximum atomic E-state index is 11.4. The second kappa shape index (κ2) is 7.87. The van der Waals surface area contributed by atoms with E-state index in [1.54, 1.807) is 0 Å². The highest BCUT2D eigenvalue weighted by molar-refractivity contribution is 5.85. The number of esters is 1. The van der Waals surface area contributed by atoms with Gasteiger partial charge in [0.25, 0.3) is 0 Å². The van der Waals surface area contributed by atoms with Crippen LogP contribution in [0.15, 0.2) is 0 Å². The van der Waals surface area contributed by atoms with Crippen molar-refractivity contribution in [1.29, 1.82) is 0 Å². The van der Waals surface area contributed by atoms with Gasteiger partial charge in [0.15, 0.2) is 0 Å². The Kier molecular flexibility index (Phi) is 7.72. The van der Waals surface area contributed by atoms with Gasteiger partial charge in [-0.25, -0.2) is 0 Å². The molecule has 4 nitrogen and oxygen atoms in total. The maximum absolute atomic E-state index is 11.4. The van der Waals surface area contributed by atoms with Gasteiger partial charge in [0.05, 0.1) is 13.2 Å². The molecule has 2 unspecified atom stereocenters. The molecule has 0 aromatic carbocycles. The first-order valence-corrected chi connectivity index (χ1v) is 5.80. The van der Waals surface area contributed by atoms with E-state index >= 15 is 0 Å². The minimum absolute atomic E-state index is 0. The molecule has 0 amide bonds. The second-order valence-corrected chi connectivity index (χ2v) is 4.20. The first kappa shape index (κ1) is 15.7. The molecule has 0 aromatic heterocycles. The number of halogens is 1. The van der Waals surface area contributed by atoms with Gasteiger partial charge < -0.3 is 10.5 Å². The van der Waals surface area contributed by atoms with Gasteiger partial charge in [0.1, 0.15) is 0 Å². The molecule has 96 valence electrons. The standard InChI is InChI=1S/C11H22N2O2.ClH/c1-3-15-11(14)8-13-7-5-4-6-10(13)9(2)12;/h9-10H,3-8,12H2,1-2H3;1H. The molecule has 2 atom stereocenters. The summed E-state index contributed by atoms with van der Waals surface area (Å²) in [6.45, 7) is 5.64. The Balaban J connectivity index is 0.00000225. The smallest absolute Gasteiger partial charge is 0.320 e. The summed E-state index contributed by atoms with van der Waals surface area (Å²) in [6, 6.07) is 0.461. The van der Waals surface area contributed by atoms with Crippen LogP contribution >= 0.6 is 12.4 Å². The lowest BCUT2D eigenvalue weighted by Gasteiger charge is -2.37. The van der Waals surface area contributed by atoms with Crippen molar-refractivity contribution in [1.82, 2.24) is 4.90 Å². The maximum Gasteiger partial charge on any atom is 0.320 e. The molecule has 1 fully saturated rings. The van der Waals surface area contributed by atoms with Crippen molar-refractivity contribution < 1.29 is 9.53 Å². The van der Waals surface area contributed by atoms with E-state index in [-0.39, 0.29) is 24.4 Å². The number of hydrogen-bond donors (Lipinski definition) is 1. The molecule has 0 radical (unpaired) electrons. The summed E-state index contributed by atoms with van der Waals surface area (Å²) in [6.07, 6.45) is 3.46. The summed E-state index contributed by atoms with van der Waals surface area (Å²) < 4.78 is 4.95. The van der Waals surface area contributed by atoms with Crippen LogP contribution in [-0.4, -0.2) is 42.6 Å². The summed E-state index contributed by atoms with van der Waals surface area (Å²) in [7, 11) is 0. The monoisotopic (exact) mass is 250 g/mol. The van der Waals surface area contributed by atoms with E-state index in [4.69, 9.17) is 10.5 Å². The summed E-state index contributed by atoms with van der Waals surface area (Å²) in [5.74, 6) is -0.134. The van der Waals surface area contributed by atoms with Gasteiger partial charge >= 0.3 is 5.97 Å². The van der Waals surface area contributed by atoms with Crippen molar-refractivity contribution in [3.8, 4) is 0 Å². The summed E-state index contributed by atoms with van der Waals surface area (Å²) in [5, 5.41) is 0. The first-order chi connectivity index (χ1) is 7.15. The van der Waals surface area contributed by atoms with Crippen molar-refractivity contribution >= 4 is 18.4 Å². The number of ether oxygens (including phenoxy) is 1. The van der Waals surface area contributed by atoms with Crippen molar-refractivity contribution in [3.05, 3.63) is 0 Å². The van der Waals surface area contributed by atoms with Crippen LogP contribution in [0.2, 0.25) is 0 Å². The van der Waals surface area contributed by atoms with Gasteiger partial charge in [0.2, 0.25) is 0 Å². The fourth-order valence-electron chi connectivity index (χ4n) is 2.18. The van der Waals surface area contributed by atoms with Crippen LogP contribution in [-0.2, 0) is 9.53 Å². The normalized spacial score (nSPS) is 23.3. The van der Waals surface area contributed by atoms with Crippen molar-refractivity contribution in [3.63, 3.8) is 0 Å². The van der Waals surface area contributed by atoms with E-state index in [2.05, 4.69) is 4.90 Å². The number of rotatable bonds is 4. The SMILES string of the molecule is CCOC(=O)CN1CCCCC1C(C)N.Cl. The van der Waals surface area contributed by atoms with Crippen LogP contribution in [0.4, 0.5) is 0 Å². The highest BCUT2D eigenvalue weighted by atomic mass is 35.5. The molecule has 0 saturated carbocycles. The molecule has 0 aliphatic carbocycles. The van der Waals surface area contributed by atoms with E-state index in [9.17, 15) is 4.79 Å². The predicted molar refractivity (Wildman–Crippen MR) is 66.7 cm³/mol. The Morgan fingerprint density at radius 2 is 2.25 bits per heavy atom. The van der Waals surface area contributed by atoms with Gasteiger partial charge in [-0.1, -0.05) is 6.42 Å². The van der Waals surface area contributed by atoms with E-state index in [1.165, 1.54) is 6.42 Å². The Labute approximate surface area is 104 Å². The fourth-order valence-corrected chi connectivity index (χ4v) is 2.18. The van der Waals surface area contributed by atoms with Gasteiger partial charge in [-0.15, -0.1) is 12.4 Å². The number of carbonyl (C=O) groups is 1. The molecule has 1 heterocycles. The zero-order chi connectivity index (χ0) is 11.3. The summed E-state index contributed by atoms with van der Waals surface area (Å²) in [5.41, 5.74) is 5.91. The van der Waals surface area contributed by atoms with E-state index < -0.39 is 0 Å². The third-order valence-corrected chi connectivity index (χ3v) is 2.91. The average molecular weight is 251 g/mol. The van der Waals surface area contributed by atoms with E-state index in [0.717, 1.165) is 19.4 Å². The molecular weight excluding hydrogens is 228 g/mol. The van der Waals surface area contributed by atoms with Crippen LogP contribution in [0.3, 0.4) is 0 Å². The predicted octanol–water partition coefficient (Wildman–Crippen LogP) is 1.17.